The molecule has 0 atom stereocenters. The number of phenols is 2. The first-order chi connectivity index (χ1) is 15.7. The number of aryl methyl sites for hydroxylation is 1. The van der Waals surface area contributed by atoms with Crippen LogP contribution in [-0.4, -0.2) is 10.2 Å². The highest BCUT2D eigenvalue weighted by Crippen LogP contribution is 2.33. The largest absolute Gasteiger partial charge is 0.508 e. The highest BCUT2D eigenvalue weighted by Gasteiger charge is 2.10. The van der Waals surface area contributed by atoms with Crippen LogP contribution in [0.2, 0.25) is 0 Å². The van der Waals surface area contributed by atoms with Crippen molar-refractivity contribution in [2.45, 2.75) is 73.1 Å². The Morgan fingerprint density at radius 1 is 0.618 bits per heavy atom. The van der Waals surface area contributed by atoms with Crippen LogP contribution in [0.5, 0.6) is 11.5 Å². The van der Waals surface area contributed by atoms with Crippen LogP contribution in [0.1, 0.15) is 87.1 Å². The van der Waals surface area contributed by atoms with E-state index in [1.54, 1.807) is 26.0 Å². The standard InChI is InChI=1S/C10H13F.C10H14O2.C9H10F2/c1-7(2)9-4-5-10(11)8(3)6-9;1-6(2)8-4-5-9(11)7(3)10(8)12;1-6(2)7-3-8(10)5-9(11)4-7/h4-7H,1-3H3;4-6,11-12H,1-3H3;3-6H,1-2H3. The van der Waals surface area contributed by atoms with Crippen LogP contribution in [0.25, 0.3) is 0 Å². The summed E-state index contributed by atoms with van der Waals surface area (Å²) in [7, 11) is 0. The fraction of sp³-hybridized carbons (Fsp3) is 0.379. The van der Waals surface area contributed by atoms with Gasteiger partial charge in [0, 0.05) is 11.6 Å². The molecule has 0 saturated carbocycles. The van der Waals surface area contributed by atoms with E-state index in [9.17, 15) is 23.4 Å². The van der Waals surface area contributed by atoms with Gasteiger partial charge in [-0.25, -0.2) is 13.2 Å². The van der Waals surface area contributed by atoms with E-state index in [-0.39, 0.29) is 29.2 Å². The van der Waals surface area contributed by atoms with Crippen LogP contribution in [-0.2, 0) is 0 Å². The zero-order valence-electron chi connectivity index (χ0n) is 21.4. The normalized spacial score (nSPS) is 10.6. The summed E-state index contributed by atoms with van der Waals surface area (Å²) >= 11 is 0. The Kier molecular flexibility index (Phi) is 11.2. The SMILES string of the molecule is CC(C)c1cc(F)cc(F)c1.Cc1c(O)ccc(C(C)C)c1O.Cc1cc(C(C)C)ccc1F. The molecule has 34 heavy (non-hydrogen) atoms. The van der Waals surface area contributed by atoms with Gasteiger partial charge in [-0.15, -0.1) is 0 Å². The third-order valence-corrected chi connectivity index (χ3v) is 5.46. The molecule has 5 heteroatoms. The van der Waals surface area contributed by atoms with E-state index >= 15 is 0 Å². The van der Waals surface area contributed by atoms with Crippen LogP contribution >= 0.6 is 0 Å². The summed E-state index contributed by atoms with van der Waals surface area (Å²) in [6, 6.07) is 12.2. The fourth-order valence-corrected chi connectivity index (χ4v) is 3.11. The summed E-state index contributed by atoms with van der Waals surface area (Å²) < 4.78 is 37.9. The molecule has 0 radical (unpaired) electrons. The maximum absolute atomic E-state index is 12.8. The van der Waals surface area contributed by atoms with Gasteiger partial charge in [0.25, 0.3) is 0 Å². The second-order valence-electron chi connectivity index (χ2n) is 9.32. The Labute approximate surface area is 202 Å². The van der Waals surface area contributed by atoms with Gasteiger partial charge in [0.05, 0.1) is 0 Å². The Morgan fingerprint density at radius 2 is 1.15 bits per heavy atom. The van der Waals surface area contributed by atoms with Gasteiger partial charge in [-0.1, -0.05) is 59.7 Å². The van der Waals surface area contributed by atoms with Crippen molar-refractivity contribution in [3.63, 3.8) is 0 Å². The first kappa shape index (κ1) is 29.1. The van der Waals surface area contributed by atoms with Crippen LogP contribution in [0.15, 0.2) is 48.5 Å². The molecule has 0 saturated heterocycles. The van der Waals surface area contributed by atoms with Crippen molar-refractivity contribution < 1.29 is 23.4 Å². The van der Waals surface area contributed by atoms with Crippen molar-refractivity contribution in [2.24, 2.45) is 0 Å². The quantitative estimate of drug-likeness (QED) is 0.398. The van der Waals surface area contributed by atoms with Gasteiger partial charge < -0.3 is 10.2 Å². The molecular weight excluding hydrogens is 437 g/mol. The van der Waals surface area contributed by atoms with Crippen LogP contribution in [0.3, 0.4) is 0 Å². The van der Waals surface area contributed by atoms with Gasteiger partial charge in [0.15, 0.2) is 0 Å². The molecule has 0 unspecified atom stereocenters. The van der Waals surface area contributed by atoms with Crippen molar-refractivity contribution in [2.75, 3.05) is 0 Å². The summed E-state index contributed by atoms with van der Waals surface area (Å²) in [5.41, 5.74) is 4.06. The summed E-state index contributed by atoms with van der Waals surface area (Å²) in [6.45, 7) is 15.5. The lowest BCUT2D eigenvalue weighted by molar-refractivity contribution is 0.436. The highest BCUT2D eigenvalue weighted by atomic mass is 19.1. The minimum Gasteiger partial charge on any atom is -0.508 e. The molecule has 2 N–H and O–H groups in total. The average molecular weight is 475 g/mol. The molecule has 0 amide bonds. The van der Waals surface area contributed by atoms with E-state index in [4.69, 9.17) is 0 Å². The lowest BCUT2D eigenvalue weighted by atomic mass is 9.99. The molecule has 3 aromatic rings. The van der Waals surface area contributed by atoms with Gasteiger partial charge in [0.1, 0.15) is 29.0 Å². The molecule has 3 rings (SSSR count). The van der Waals surface area contributed by atoms with E-state index in [2.05, 4.69) is 13.8 Å². The van der Waals surface area contributed by atoms with Crippen LogP contribution in [0.4, 0.5) is 13.2 Å². The smallest absolute Gasteiger partial charge is 0.126 e. The molecule has 0 aliphatic heterocycles. The van der Waals surface area contributed by atoms with Crippen molar-refractivity contribution >= 4 is 0 Å². The Morgan fingerprint density at radius 3 is 1.59 bits per heavy atom. The van der Waals surface area contributed by atoms with Crippen molar-refractivity contribution in [3.8, 4) is 11.5 Å². The minimum atomic E-state index is -0.506. The third kappa shape index (κ3) is 8.77. The van der Waals surface area contributed by atoms with Gasteiger partial charge in [-0.05, 0) is 78.1 Å². The molecule has 0 aliphatic carbocycles. The van der Waals surface area contributed by atoms with Crippen LogP contribution in [0, 0.1) is 31.3 Å². The topological polar surface area (TPSA) is 40.5 Å². The number of phenolic OH excluding ortho intramolecular Hbond substituents is 2. The van der Waals surface area contributed by atoms with Crippen molar-refractivity contribution in [3.05, 3.63) is 93.8 Å². The predicted molar refractivity (Wildman–Crippen MR) is 134 cm³/mol. The predicted octanol–water partition coefficient (Wildman–Crippen LogP) is 8.88. The van der Waals surface area contributed by atoms with E-state index in [1.165, 1.54) is 23.8 Å². The minimum absolute atomic E-state index is 0.116. The number of aromatic hydroxyl groups is 2. The molecule has 0 bridgehead atoms. The third-order valence-electron chi connectivity index (χ3n) is 5.46. The summed E-state index contributed by atoms with van der Waals surface area (Å²) in [4.78, 5) is 0. The number of benzene rings is 3. The molecule has 0 heterocycles. The Balaban J connectivity index is 0.000000255. The fourth-order valence-electron chi connectivity index (χ4n) is 3.11. The van der Waals surface area contributed by atoms with E-state index in [1.807, 2.05) is 39.8 Å². The lowest BCUT2D eigenvalue weighted by Crippen LogP contribution is -1.90. The monoisotopic (exact) mass is 474 g/mol. The van der Waals surface area contributed by atoms with Gasteiger partial charge in [-0.3, -0.25) is 0 Å². The molecule has 3 aromatic carbocycles. The molecule has 0 aliphatic rings. The van der Waals surface area contributed by atoms with E-state index in [0.717, 1.165) is 17.2 Å². The molecule has 0 spiro atoms. The Bertz CT molecular complexity index is 1050. The summed E-state index contributed by atoms with van der Waals surface area (Å²) in [5.74, 6) is 0.164. The second kappa shape index (κ2) is 13.1. The maximum Gasteiger partial charge on any atom is 0.126 e. The van der Waals surface area contributed by atoms with Gasteiger partial charge in [-0.2, -0.15) is 0 Å². The second-order valence-corrected chi connectivity index (χ2v) is 9.32. The van der Waals surface area contributed by atoms with Crippen molar-refractivity contribution in [1.29, 1.82) is 0 Å². The number of hydrogen-bond donors (Lipinski definition) is 2. The summed E-state index contributed by atoms with van der Waals surface area (Å²) in [5, 5.41) is 18.8. The van der Waals surface area contributed by atoms with E-state index in [0.29, 0.717) is 17.0 Å². The number of rotatable bonds is 3. The molecular formula is C29H37F3O2. The molecule has 2 nitrogen and oxygen atoms in total. The molecule has 186 valence electrons. The first-order valence-electron chi connectivity index (χ1n) is 11.5. The zero-order valence-corrected chi connectivity index (χ0v) is 21.4. The van der Waals surface area contributed by atoms with E-state index < -0.39 is 11.6 Å². The average Bonchev–Trinajstić information content (AvgIpc) is 2.74. The van der Waals surface area contributed by atoms with Crippen molar-refractivity contribution in [1.82, 2.24) is 0 Å². The summed E-state index contributed by atoms with van der Waals surface area (Å²) in [6.07, 6.45) is 0. The first-order valence-corrected chi connectivity index (χ1v) is 11.5. The highest BCUT2D eigenvalue weighted by molar-refractivity contribution is 5.48. The Hall–Kier alpha value is -2.95. The maximum atomic E-state index is 12.8. The van der Waals surface area contributed by atoms with Gasteiger partial charge >= 0.3 is 0 Å². The lowest BCUT2D eigenvalue weighted by Gasteiger charge is -2.10. The van der Waals surface area contributed by atoms with Crippen LogP contribution < -0.4 is 0 Å². The molecule has 0 aromatic heterocycles. The van der Waals surface area contributed by atoms with Gasteiger partial charge in [0.2, 0.25) is 0 Å². The number of halogens is 3. The number of hydrogen-bond acceptors (Lipinski definition) is 2. The zero-order chi connectivity index (χ0) is 26.2. The molecule has 0 fully saturated rings.